The number of halogens is 13. The Labute approximate surface area is 131 Å². The monoisotopic (exact) mass is 407 g/mol. The molecule has 1 atom stereocenters. The Morgan fingerprint density at radius 2 is 1.04 bits per heavy atom. The van der Waals surface area contributed by atoms with Gasteiger partial charge >= 0.3 is 35.8 Å². The second kappa shape index (κ2) is 6.63. The van der Waals surface area contributed by atoms with Crippen LogP contribution < -0.4 is 5.32 Å². The molecular formula is C10H10F13NO. The van der Waals surface area contributed by atoms with Crippen LogP contribution in [-0.4, -0.2) is 60.1 Å². The van der Waals surface area contributed by atoms with Gasteiger partial charge in [0, 0.05) is 6.54 Å². The summed E-state index contributed by atoms with van der Waals surface area (Å²) in [4.78, 5) is 0. The fourth-order valence-electron chi connectivity index (χ4n) is 1.40. The van der Waals surface area contributed by atoms with Crippen molar-refractivity contribution in [1.82, 2.24) is 5.32 Å². The van der Waals surface area contributed by atoms with Crippen LogP contribution in [0, 0.1) is 0 Å². The third-order valence-corrected chi connectivity index (χ3v) is 2.96. The van der Waals surface area contributed by atoms with Crippen LogP contribution in [-0.2, 0) is 0 Å². The average Bonchev–Trinajstić information content (AvgIpc) is 2.42. The Kier molecular flexibility index (Phi) is 6.37. The molecule has 0 aromatic heterocycles. The van der Waals surface area contributed by atoms with Crippen LogP contribution >= 0.6 is 0 Å². The highest BCUT2D eigenvalue weighted by molar-refractivity contribution is 5.11. The maximum atomic E-state index is 13.2. The summed E-state index contributed by atoms with van der Waals surface area (Å²) in [5.41, 5.74) is 0. The molecule has 0 saturated heterocycles. The molecule has 0 aliphatic carbocycles. The van der Waals surface area contributed by atoms with E-state index in [0.717, 1.165) is 6.92 Å². The molecule has 0 aromatic carbocycles. The molecule has 2 N–H and O–H groups in total. The van der Waals surface area contributed by atoms with E-state index >= 15 is 0 Å². The molecule has 0 radical (unpaired) electrons. The summed E-state index contributed by atoms with van der Waals surface area (Å²) < 4.78 is 165. The maximum Gasteiger partial charge on any atom is 0.460 e. The average molecular weight is 407 g/mol. The molecule has 0 rings (SSSR count). The Balaban J connectivity index is 6.11. The number of aliphatic hydroxyl groups excluding tert-OH is 1. The zero-order chi connectivity index (χ0) is 20.7. The van der Waals surface area contributed by atoms with E-state index in [1.165, 1.54) is 0 Å². The highest BCUT2D eigenvalue weighted by atomic mass is 19.4. The zero-order valence-corrected chi connectivity index (χ0v) is 11.9. The standard InChI is InChI=1S/C10H10F13NO/c1-2-24-3-4(25)5(11,12)6(13,14)7(15,16)8(17,18)9(19,20)10(21,22)23/h4,24-25H,2-3H2,1H3. The van der Waals surface area contributed by atoms with Crippen LogP contribution in [0.4, 0.5) is 57.1 Å². The molecule has 0 aromatic rings. The van der Waals surface area contributed by atoms with Crippen LogP contribution in [0.2, 0.25) is 0 Å². The normalized spacial score (nSPS) is 16.9. The van der Waals surface area contributed by atoms with Gasteiger partial charge in [-0.3, -0.25) is 0 Å². The molecule has 0 aliphatic heterocycles. The molecule has 0 amide bonds. The quantitative estimate of drug-likeness (QED) is 0.602. The third kappa shape index (κ3) is 3.48. The molecule has 0 bridgehead atoms. The third-order valence-electron chi connectivity index (χ3n) is 2.96. The molecule has 0 spiro atoms. The van der Waals surface area contributed by atoms with Crippen molar-refractivity contribution in [2.45, 2.75) is 48.8 Å². The Morgan fingerprint density at radius 1 is 0.680 bits per heavy atom. The highest BCUT2D eigenvalue weighted by Gasteiger charge is 2.91. The van der Waals surface area contributed by atoms with E-state index < -0.39 is 48.4 Å². The van der Waals surface area contributed by atoms with Crippen LogP contribution in [0.3, 0.4) is 0 Å². The summed E-state index contributed by atoms with van der Waals surface area (Å²) in [7, 11) is 0. The van der Waals surface area contributed by atoms with Gasteiger partial charge in [-0.1, -0.05) is 6.92 Å². The molecular weight excluding hydrogens is 397 g/mol. The summed E-state index contributed by atoms with van der Waals surface area (Å²) in [6, 6.07) is 0. The fraction of sp³-hybridized carbons (Fsp3) is 1.00. The van der Waals surface area contributed by atoms with E-state index in [0.29, 0.717) is 0 Å². The SMILES string of the molecule is CCNCC(O)C(F)(F)C(F)(F)C(F)(F)C(F)(F)C(F)(F)C(F)(F)F. The van der Waals surface area contributed by atoms with E-state index in [4.69, 9.17) is 5.11 Å². The van der Waals surface area contributed by atoms with Crippen molar-refractivity contribution in [3.63, 3.8) is 0 Å². The first kappa shape index (κ1) is 24.0. The van der Waals surface area contributed by atoms with Crippen molar-refractivity contribution in [3.8, 4) is 0 Å². The summed E-state index contributed by atoms with van der Waals surface area (Å²) in [6.07, 6.45) is -11.3. The molecule has 0 saturated carbocycles. The Bertz CT molecular complexity index is 458. The molecule has 0 aliphatic rings. The molecule has 0 heterocycles. The van der Waals surface area contributed by atoms with Gasteiger partial charge in [-0.25, -0.2) is 0 Å². The van der Waals surface area contributed by atoms with Gasteiger partial charge in [0.15, 0.2) is 0 Å². The lowest BCUT2D eigenvalue weighted by Crippen LogP contribution is -2.72. The lowest BCUT2D eigenvalue weighted by atomic mass is 9.91. The minimum Gasteiger partial charge on any atom is -0.385 e. The lowest BCUT2D eigenvalue weighted by Gasteiger charge is -2.40. The number of likely N-dealkylation sites (N-methyl/N-ethyl adjacent to an activating group) is 1. The summed E-state index contributed by atoms with van der Waals surface area (Å²) in [5, 5.41) is 10.5. The van der Waals surface area contributed by atoms with Crippen LogP contribution in [0.5, 0.6) is 0 Å². The van der Waals surface area contributed by atoms with E-state index in [1.807, 2.05) is 0 Å². The van der Waals surface area contributed by atoms with Gasteiger partial charge in [0.1, 0.15) is 6.10 Å². The van der Waals surface area contributed by atoms with E-state index in [-0.39, 0.29) is 6.54 Å². The van der Waals surface area contributed by atoms with Gasteiger partial charge in [-0.05, 0) is 6.54 Å². The zero-order valence-electron chi connectivity index (χ0n) is 11.9. The molecule has 25 heavy (non-hydrogen) atoms. The highest BCUT2D eigenvalue weighted by Crippen LogP contribution is 2.60. The number of alkyl halides is 13. The van der Waals surface area contributed by atoms with Gasteiger partial charge < -0.3 is 10.4 Å². The number of nitrogens with one attached hydrogen (secondary N) is 1. The number of hydrogen-bond acceptors (Lipinski definition) is 2. The van der Waals surface area contributed by atoms with Crippen LogP contribution in [0.1, 0.15) is 6.92 Å². The van der Waals surface area contributed by atoms with Crippen molar-refractivity contribution in [1.29, 1.82) is 0 Å². The largest absolute Gasteiger partial charge is 0.460 e. The van der Waals surface area contributed by atoms with Crippen molar-refractivity contribution < 1.29 is 62.2 Å². The topological polar surface area (TPSA) is 32.3 Å². The van der Waals surface area contributed by atoms with Gasteiger partial charge in [-0.2, -0.15) is 57.1 Å². The minimum absolute atomic E-state index is 0.294. The second-order valence-corrected chi connectivity index (χ2v) is 4.74. The number of aliphatic hydroxyl groups is 1. The molecule has 152 valence electrons. The smallest absolute Gasteiger partial charge is 0.385 e. The summed E-state index contributed by atoms with van der Waals surface area (Å²) >= 11 is 0. The molecule has 2 nitrogen and oxygen atoms in total. The van der Waals surface area contributed by atoms with Crippen LogP contribution in [0.25, 0.3) is 0 Å². The molecule has 1 unspecified atom stereocenters. The van der Waals surface area contributed by atoms with Gasteiger partial charge in [0.25, 0.3) is 0 Å². The number of hydrogen-bond donors (Lipinski definition) is 2. The molecule has 15 heteroatoms. The first-order valence-corrected chi connectivity index (χ1v) is 6.08. The van der Waals surface area contributed by atoms with E-state index in [1.54, 1.807) is 5.32 Å². The Morgan fingerprint density at radius 3 is 1.36 bits per heavy atom. The van der Waals surface area contributed by atoms with E-state index in [9.17, 15) is 57.1 Å². The first-order chi connectivity index (χ1) is 10.7. The van der Waals surface area contributed by atoms with Gasteiger partial charge in [0.05, 0.1) is 0 Å². The maximum absolute atomic E-state index is 13.2. The van der Waals surface area contributed by atoms with Crippen molar-refractivity contribution in [2.24, 2.45) is 0 Å². The second-order valence-electron chi connectivity index (χ2n) is 4.74. The predicted molar refractivity (Wildman–Crippen MR) is 55.3 cm³/mol. The predicted octanol–water partition coefficient (Wildman–Crippen LogP) is 3.70. The summed E-state index contributed by atoms with van der Waals surface area (Å²) in [6.45, 7) is -0.705. The van der Waals surface area contributed by atoms with Gasteiger partial charge in [0.2, 0.25) is 0 Å². The Hall–Kier alpha value is -0.990. The van der Waals surface area contributed by atoms with Crippen molar-refractivity contribution >= 4 is 0 Å². The van der Waals surface area contributed by atoms with E-state index in [2.05, 4.69) is 0 Å². The minimum atomic E-state index is -7.96. The van der Waals surface area contributed by atoms with Gasteiger partial charge in [-0.15, -0.1) is 0 Å². The summed E-state index contributed by atoms with van der Waals surface area (Å²) in [5.74, 6) is -37.6. The lowest BCUT2D eigenvalue weighted by molar-refractivity contribution is -0.444. The number of rotatable bonds is 8. The first-order valence-electron chi connectivity index (χ1n) is 6.08. The fourth-order valence-corrected chi connectivity index (χ4v) is 1.40. The van der Waals surface area contributed by atoms with Crippen molar-refractivity contribution in [3.05, 3.63) is 0 Å². The van der Waals surface area contributed by atoms with Crippen LogP contribution in [0.15, 0.2) is 0 Å². The molecule has 0 fully saturated rings. The van der Waals surface area contributed by atoms with Crippen molar-refractivity contribution in [2.75, 3.05) is 13.1 Å².